The maximum Gasteiger partial charge on any atom is 0.272 e. The minimum atomic E-state index is -0.340. The molecule has 12 nitrogen and oxygen atoms in total. The molecule has 1 saturated heterocycles. The first-order valence-corrected chi connectivity index (χ1v) is 15.3. The van der Waals surface area contributed by atoms with E-state index in [1.807, 2.05) is 23.7 Å². The fraction of sp³-hybridized carbons (Fsp3) is 0.267. The molecule has 1 aliphatic rings. The Bertz CT molecular complexity index is 1850. The SMILES string of the molecule is Cn1cc(NC(=O)c2sccc2Cl)cc1C(=O)Nc1cc(-c2nc3ccc(C(=O)NCCN4CCOCC4)cc3[nH]2)n(C)c1. The van der Waals surface area contributed by atoms with E-state index in [0.29, 0.717) is 44.9 Å². The number of morpholine rings is 1. The molecule has 0 bridgehead atoms. The van der Waals surface area contributed by atoms with E-state index in [2.05, 4.69) is 25.8 Å². The van der Waals surface area contributed by atoms with Gasteiger partial charge in [-0.25, -0.2) is 4.98 Å². The zero-order chi connectivity index (χ0) is 30.8. The van der Waals surface area contributed by atoms with Crippen LogP contribution in [0, 0.1) is 0 Å². The van der Waals surface area contributed by atoms with E-state index in [0.717, 1.165) is 49.6 Å². The number of nitrogens with zero attached hydrogens (tertiary/aromatic N) is 4. The van der Waals surface area contributed by atoms with Crippen molar-refractivity contribution in [2.75, 3.05) is 50.0 Å². The van der Waals surface area contributed by atoms with Crippen molar-refractivity contribution in [1.29, 1.82) is 0 Å². The third-order valence-electron chi connectivity index (χ3n) is 7.39. The highest BCUT2D eigenvalue weighted by Crippen LogP contribution is 2.27. The van der Waals surface area contributed by atoms with Crippen molar-refractivity contribution in [3.05, 3.63) is 75.3 Å². The number of halogens is 1. The van der Waals surface area contributed by atoms with E-state index in [1.165, 1.54) is 11.3 Å². The van der Waals surface area contributed by atoms with Crippen molar-refractivity contribution >= 4 is 63.1 Å². The third-order valence-corrected chi connectivity index (χ3v) is 8.73. The van der Waals surface area contributed by atoms with Crippen LogP contribution >= 0.6 is 22.9 Å². The Kier molecular flexibility index (Phi) is 8.53. The number of anilines is 2. The van der Waals surface area contributed by atoms with Crippen LogP contribution in [0.25, 0.3) is 22.6 Å². The number of benzene rings is 1. The van der Waals surface area contributed by atoms with Gasteiger partial charge in [0.05, 0.1) is 46.3 Å². The second-order valence-electron chi connectivity index (χ2n) is 10.5. The van der Waals surface area contributed by atoms with Gasteiger partial charge >= 0.3 is 0 Å². The van der Waals surface area contributed by atoms with Gasteiger partial charge in [0.15, 0.2) is 5.82 Å². The van der Waals surface area contributed by atoms with Crippen molar-refractivity contribution in [2.45, 2.75) is 0 Å². The Morgan fingerprint density at radius 1 is 0.977 bits per heavy atom. The predicted octanol–water partition coefficient (Wildman–Crippen LogP) is 4.19. The summed E-state index contributed by atoms with van der Waals surface area (Å²) >= 11 is 7.32. The Balaban J connectivity index is 1.11. The minimum Gasteiger partial charge on any atom is -0.379 e. The summed E-state index contributed by atoms with van der Waals surface area (Å²) in [6.45, 7) is 4.55. The van der Waals surface area contributed by atoms with Gasteiger partial charge in [-0.2, -0.15) is 0 Å². The summed E-state index contributed by atoms with van der Waals surface area (Å²) in [6.07, 6.45) is 3.45. The van der Waals surface area contributed by atoms with E-state index in [-0.39, 0.29) is 17.7 Å². The van der Waals surface area contributed by atoms with Crippen molar-refractivity contribution in [3.63, 3.8) is 0 Å². The molecule has 0 atom stereocenters. The number of imidazole rings is 1. The average molecular weight is 635 g/mol. The van der Waals surface area contributed by atoms with E-state index in [4.69, 9.17) is 21.3 Å². The van der Waals surface area contributed by atoms with E-state index < -0.39 is 0 Å². The average Bonchev–Trinajstić information content (AvgIpc) is 3.79. The zero-order valence-electron chi connectivity index (χ0n) is 24.1. The number of thiophene rings is 1. The molecule has 0 unspecified atom stereocenters. The lowest BCUT2D eigenvalue weighted by Gasteiger charge is -2.26. The molecule has 6 rings (SSSR count). The van der Waals surface area contributed by atoms with Crippen LogP contribution in [0.2, 0.25) is 5.02 Å². The molecular weight excluding hydrogens is 604 g/mol. The van der Waals surface area contributed by atoms with Crippen LogP contribution in [-0.2, 0) is 18.8 Å². The second kappa shape index (κ2) is 12.7. The van der Waals surface area contributed by atoms with Crippen molar-refractivity contribution in [3.8, 4) is 11.5 Å². The van der Waals surface area contributed by atoms with Gasteiger partial charge in [0.25, 0.3) is 17.7 Å². The molecule has 0 radical (unpaired) electrons. The number of carbonyl (C=O) groups is 3. The molecule has 1 fully saturated rings. The van der Waals surface area contributed by atoms with Gasteiger partial charge in [-0.15, -0.1) is 11.3 Å². The van der Waals surface area contributed by atoms with Crippen LogP contribution in [-0.4, -0.2) is 81.1 Å². The Labute approximate surface area is 262 Å². The monoisotopic (exact) mass is 634 g/mol. The van der Waals surface area contributed by atoms with Crippen LogP contribution in [0.3, 0.4) is 0 Å². The van der Waals surface area contributed by atoms with E-state index in [9.17, 15) is 14.4 Å². The zero-order valence-corrected chi connectivity index (χ0v) is 25.7. The van der Waals surface area contributed by atoms with Gasteiger partial charge < -0.3 is 34.8 Å². The molecule has 4 aromatic heterocycles. The van der Waals surface area contributed by atoms with Crippen LogP contribution in [0.15, 0.2) is 54.2 Å². The Hall–Kier alpha value is -4.43. The van der Waals surface area contributed by atoms with Crippen LogP contribution in [0.1, 0.15) is 30.5 Å². The molecule has 0 aliphatic carbocycles. The molecule has 44 heavy (non-hydrogen) atoms. The standard InChI is InChI=1S/C30H31ClN8O4S/c1-37-16-19(33-29(41)25-15-20(17-38(25)2)34-30(42)26-21(31)5-12-44-26)14-24(37)27-35-22-4-3-18(13-23(22)36-27)28(40)32-6-7-39-8-10-43-11-9-39/h3-5,12-17H,6-11H2,1-2H3,(H,32,40)(H,33,41)(H,34,42)(H,35,36). The summed E-state index contributed by atoms with van der Waals surface area (Å²) < 4.78 is 8.86. The summed E-state index contributed by atoms with van der Waals surface area (Å²) in [5.74, 6) is -0.214. The first-order chi connectivity index (χ1) is 21.2. The fourth-order valence-corrected chi connectivity index (χ4v) is 6.13. The van der Waals surface area contributed by atoms with Crippen LogP contribution < -0.4 is 16.0 Å². The smallest absolute Gasteiger partial charge is 0.272 e. The molecule has 228 valence electrons. The maximum absolute atomic E-state index is 13.1. The molecule has 0 saturated carbocycles. The quantitative estimate of drug-likeness (QED) is 0.192. The Morgan fingerprint density at radius 3 is 2.50 bits per heavy atom. The lowest BCUT2D eigenvalue weighted by molar-refractivity contribution is 0.0383. The highest BCUT2D eigenvalue weighted by molar-refractivity contribution is 7.12. The highest BCUT2D eigenvalue weighted by atomic mass is 35.5. The topological polar surface area (TPSA) is 138 Å². The molecule has 5 aromatic rings. The summed E-state index contributed by atoms with van der Waals surface area (Å²) in [4.78, 5) is 49.1. The number of aromatic amines is 1. The first kappa shape index (κ1) is 29.6. The fourth-order valence-electron chi connectivity index (χ4n) is 5.09. The van der Waals surface area contributed by atoms with Crippen molar-refractivity contribution in [1.82, 2.24) is 29.3 Å². The number of fused-ring (bicyclic) bond motifs is 1. The second-order valence-corrected chi connectivity index (χ2v) is 11.8. The number of H-pyrrole nitrogens is 1. The molecule has 1 aromatic carbocycles. The van der Waals surface area contributed by atoms with Crippen molar-refractivity contribution < 1.29 is 19.1 Å². The summed E-state index contributed by atoms with van der Waals surface area (Å²) in [5.41, 5.74) is 4.17. The number of hydrogen-bond acceptors (Lipinski definition) is 7. The minimum absolute atomic E-state index is 0.140. The van der Waals surface area contributed by atoms with E-state index >= 15 is 0 Å². The molecule has 1 aliphatic heterocycles. The van der Waals surface area contributed by atoms with Gasteiger partial charge in [-0.3, -0.25) is 19.3 Å². The van der Waals surface area contributed by atoms with Gasteiger partial charge in [0.2, 0.25) is 0 Å². The van der Waals surface area contributed by atoms with Gasteiger partial charge in [0, 0.05) is 58.2 Å². The number of hydrogen-bond donors (Lipinski definition) is 4. The molecular formula is C30H31ClN8O4S. The van der Waals surface area contributed by atoms with Crippen molar-refractivity contribution in [2.24, 2.45) is 14.1 Å². The predicted molar refractivity (Wildman–Crippen MR) is 171 cm³/mol. The maximum atomic E-state index is 13.1. The number of nitrogens with one attached hydrogen (secondary N) is 4. The number of aryl methyl sites for hydroxylation is 2. The van der Waals surface area contributed by atoms with Gasteiger partial charge in [0.1, 0.15) is 10.6 Å². The number of aromatic nitrogens is 4. The number of rotatable bonds is 9. The highest BCUT2D eigenvalue weighted by Gasteiger charge is 2.19. The molecule has 3 amide bonds. The van der Waals surface area contributed by atoms with Crippen LogP contribution in [0.4, 0.5) is 11.4 Å². The molecule has 0 spiro atoms. The number of ether oxygens (including phenoxy) is 1. The largest absolute Gasteiger partial charge is 0.379 e. The lowest BCUT2D eigenvalue weighted by atomic mass is 10.2. The first-order valence-electron chi connectivity index (χ1n) is 14.0. The summed E-state index contributed by atoms with van der Waals surface area (Å²) in [5, 5.41) is 10.8. The van der Waals surface area contributed by atoms with E-state index in [1.54, 1.807) is 53.7 Å². The Morgan fingerprint density at radius 2 is 1.73 bits per heavy atom. The number of carbonyl (C=O) groups excluding carboxylic acids is 3. The molecule has 14 heteroatoms. The third kappa shape index (κ3) is 6.40. The normalized spacial score (nSPS) is 13.7. The summed E-state index contributed by atoms with van der Waals surface area (Å²) in [7, 11) is 3.59. The lowest BCUT2D eigenvalue weighted by Crippen LogP contribution is -2.41. The van der Waals surface area contributed by atoms with Gasteiger partial charge in [-0.1, -0.05) is 11.6 Å². The summed E-state index contributed by atoms with van der Waals surface area (Å²) in [6, 6.07) is 10.5. The van der Waals surface area contributed by atoms with Gasteiger partial charge in [-0.05, 0) is 41.8 Å². The molecule has 5 heterocycles. The molecule has 4 N–H and O–H groups in total. The number of amides is 3. The van der Waals surface area contributed by atoms with Crippen LogP contribution in [0.5, 0.6) is 0 Å².